The third kappa shape index (κ3) is 4.17. The first-order valence-corrected chi connectivity index (χ1v) is 5.77. The number of aromatic hydroxyl groups is 1. The standard InChI is InChI=1S/C11H18N4O3/c1-3-4-8(6-16)14-10-9(18)5-12-11(15-10)13-7(2)17/h5,8,16,18H,3-4,6H2,1-2H3,(H2,12,13,14,15,17). The summed E-state index contributed by atoms with van der Waals surface area (Å²) >= 11 is 0. The van der Waals surface area contributed by atoms with Crippen molar-refractivity contribution in [1.29, 1.82) is 0 Å². The zero-order valence-electron chi connectivity index (χ0n) is 10.5. The Kier molecular flexibility index (Phi) is 5.31. The summed E-state index contributed by atoms with van der Waals surface area (Å²) < 4.78 is 0. The van der Waals surface area contributed by atoms with Gasteiger partial charge in [-0.05, 0) is 6.42 Å². The lowest BCUT2D eigenvalue weighted by atomic mass is 10.2. The van der Waals surface area contributed by atoms with Crippen molar-refractivity contribution >= 4 is 17.7 Å². The van der Waals surface area contributed by atoms with Crippen LogP contribution in [0.4, 0.5) is 11.8 Å². The molecular weight excluding hydrogens is 236 g/mol. The smallest absolute Gasteiger partial charge is 0.231 e. The third-order valence-corrected chi connectivity index (χ3v) is 2.26. The number of hydrogen-bond donors (Lipinski definition) is 4. The maximum atomic E-state index is 10.9. The summed E-state index contributed by atoms with van der Waals surface area (Å²) in [6, 6.07) is -0.194. The van der Waals surface area contributed by atoms with E-state index < -0.39 is 0 Å². The highest BCUT2D eigenvalue weighted by Gasteiger charge is 2.12. The number of carbonyl (C=O) groups excluding carboxylic acids is 1. The van der Waals surface area contributed by atoms with Gasteiger partial charge in [0.05, 0.1) is 18.8 Å². The van der Waals surface area contributed by atoms with Gasteiger partial charge in [0.15, 0.2) is 11.6 Å². The average Bonchev–Trinajstić information content (AvgIpc) is 2.32. The summed E-state index contributed by atoms with van der Waals surface area (Å²) in [6.07, 6.45) is 2.83. The zero-order chi connectivity index (χ0) is 13.5. The van der Waals surface area contributed by atoms with Crippen LogP contribution < -0.4 is 10.6 Å². The highest BCUT2D eigenvalue weighted by molar-refractivity contribution is 5.86. The van der Waals surface area contributed by atoms with Crippen LogP contribution >= 0.6 is 0 Å². The van der Waals surface area contributed by atoms with Gasteiger partial charge in [-0.15, -0.1) is 0 Å². The number of nitrogens with one attached hydrogen (secondary N) is 2. The first-order chi connectivity index (χ1) is 8.56. The molecule has 18 heavy (non-hydrogen) atoms. The van der Waals surface area contributed by atoms with Gasteiger partial charge in [0.2, 0.25) is 11.9 Å². The quantitative estimate of drug-likeness (QED) is 0.595. The summed E-state index contributed by atoms with van der Waals surface area (Å²) in [5.74, 6) is -0.116. The molecule has 0 fully saturated rings. The van der Waals surface area contributed by atoms with E-state index in [-0.39, 0.29) is 36.1 Å². The van der Waals surface area contributed by atoms with E-state index in [1.807, 2.05) is 6.92 Å². The predicted octanol–water partition coefficient (Wildman–Crippen LogP) is 0.713. The summed E-state index contributed by atoms with van der Waals surface area (Å²) in [6.45, 7) is 3.27. The second-order valence-electron chi connectivity index (χ2n) is 3.92. The first kappa shape index (κ1) is 14.2. The van der Waals surface area contributed by atoms with E-state index in [4.69, 9.17) is 5.11 Å². The largest absolute Gasteiger partial charge is 0.503 e. The summed E-state index contributed by atoms with van der Waals surface area (Å²) in [4.78, 5) is 18.6. The van der Waals surface area contributed by atoms with Crippen molar-refractivity contribution in [1.82, 2.24) is 9.97 Å². The maximum absolute atomic E-state index is 10.9. The Hall–Kier alpha value is -1.89. The van der Waals surface area contributed by atoms with Crippen molar-refractivity contribution in [2.24, 2.45) is 0 Å². The molecule has 1 heterocycles. The van der Waals surface area contributed by atoms with Crippen molar-refractivity contribution in [3.63, 3.8) is 0 Å². The number of aliphatic hydroxyl groups is 1. The van der Waals surface area contributed by atoms with E-state index in [0.717, 1.165) is 12.8 Å². The molecule has 0 spiro atoms. The van der Waals surface area contributed by atoms with Crippen molar-refractivity contribution in [2.45, 2.75) is 32.7 Å². The lowest BCUT2D eigenvalue weighted by Gasteiger charge is -2.16. The molecular formula is C11H18N4O3. The number of carbonyl (C=O) groups is 1. The van der Waals surface area contributed by atoms with Gasteiger partial charge >= 0.3 is 0 Å². The number of aromatic nitrogens is 2. The number of aliphatic hydroxyl groups excluding tert-OH is 1. The lowest BCUT2D eigenvalue weighted by Crippen LogP contribution is -2.24. The molecule has 1 amide bonds. The molecule has 100 valence electrons. The monoisotopic (exact) mass is 254 g/mol. The minimum atomic E-state index is -0.293. The Bertz CT molecular complexity index is 411. The topological polar surface area (TPSA) is 107 Å². The Morgan fingerprint density at radius 1 is 1.56 bits per heavy atom. The van der Waals surface area contributed by atoms with Gasteiger partial charge in [0.1, 0.15) is 0 Å². The van der Waals surface area contributed by atoms with Crippen LogP contribution in [-0.4, -0.2) is 38.7 Å². The van der Waals surface area contributed by atoms with Crippen molar-refractivity contribution in [2.75, 3.05) is 17.2 Å². The molecule has 1 rings (SSSR count). The summed E-state index contributed by atoms with van der Waals surface area (Å²) in [7, 11) is 0. The molecule has 7 heteroatoms. The molecule has 0 aliphatic heterocycles. The van der Waals surface area contributed by atoms with Crippen LogP contribution in [0.5, 0.6) is 5.75 Å². The molecule has 1 aromatic rings. The van der Waals surface area contributed by atoms with E-state index in [0.29, 0.717) is 0 Å². The van der Waals surface area contributed by atoms with E-state index >= 15 is 0 Å². The highest BCUT2D eigenvalue weighted by Crippen LogP contribution is 2.21. The fourth-order valence-electron chi connectivity index (χ4n) is 1.45. The first-order valence-electron chi connectivity index (χ1n) is 5.77. The van der Waals surface area contributed by atoms with Crippen molar-refractivity contribution in [3.05, 3.63) is 6.20 Å². The molecule has 0 radical (unpaired) electrons. The number of hydrogen-bond acceptors (Lipinski definition) is 6. The van der Waals surface area contributed by atoms with E-state index in [2.05, 4.69) is 20.6 Å². The second-order valence-corrected chi connectivity index (χ2v) is 3.92. The molecule has 0 aliphatic rings. The van der Waals surface area contributed by atoms with E-state index in [1.54, 1.807) is 0 Å². The predicted molar refractivity (Wildman–Crippen MR) is 67.4 cm³/mol. The second kappa shape index (κ2) is 6.75. The minimum absolute atomic E-state index is 0.0627. The van der Waals surface area contributed by atoms with Gasteiger partial charge in [0.25, 0.3) is 0 Å². The molecule has 0 aliphatic carbocycles. The van der Waals surface area contributed by atoms with Crippen LogP contribution in [-0.2, 0) is 4.79 Å². The SMILES string of the molecule is CCCC(CO)Nc1nc(NC(C)=O)ncc1O. The Morgan fingerprint density at radius 2 is 2.28 bits per heavy atom. The lowest BCUT2D eigenvalue weighted by molar-refractivity contribution is -0.114. The molecule has 1 atom stereocenters. The fourth-order valence-corrected chi connectivity index (χ4v) is 1.45. The Balaban J connectivity index is 2.82. The molecule has 1 aromatic heterocycles. The van der Waals surface area contributed by atoms with Gasteiger partial charge in [-0.3, -0.25) is 10.1 Å². The zero-order valence-corrected chi connectivity index (χ0v) is 10.5. The van der Waals surface area contributed by atoms with Gasteiger partial charge < -0.3 is 15.5 Å². The number of amides is 1. The van der Waals surface area contributed by atoms with E-state index in [9.17, 15) is 9.90 Å². The van der Waals surface area contributed by atoms with Gasteiger partial charge in [-0.2, -0.15) is 4.98 Å². The van der Waals surface area contributed by atoms with Crippen LogP contribution in [0.3, 0.4) is 0 Å². The van der Waals surface area contributed by atoms with Crippen molar-refractivity contribution in [3.8, 4) is 5.75 Å². The third-order valence-electron chi connectivity index (χ3n) is 2.26. The van der Waals surface area contributed by atoms with Crippen LogP contribution in [0.2, 0.25) is 0 Å². The normalized spacial score (nSPS) is 11.9. The Labute approximate surface area is 105 Å². The Morgan fingerprint density at radius 3 is 2.83 bits per heavy atom. The molecule has 4 N–H and O–H groups in total. The van der Waals surface area contributed by atoms with Gasteiger partial charge in [0, 0.05) is 6.92 Å². The minimum Gasteiger partial charge on any atom is -0.503 e. The van der Waals surface area contributed by atoms with Crippen LogP contribution in [0.25, 0.3) is 0 Å². The maximum Gasteiger partial charge on any atom is 0.231 e. The number of anilines is 2. The highest BCUT2D eigenvalue weighted by atomic mass is 16.3. The number of rotatable bonds is 6. The number of nitrogens with zero attached hydrogens (tertiary/aromatic N) is 2. The summed E-state index contributed by atoms with van der Waals surface area (Å²) in [5, 5.41) is 24.1. The molecule has 0 aromatic carbocycles. The van der Waals surface area contributed by atoms with Gasteiger partial charge in [-0.1, -0.05) is 13.3 Å². The van der Waals surface area contributed by atoms with Crippen LogP contribution in [0.1, 0.15) is 26.7 Å². The van der Waals surface area contributed by atoms with Gasteiger partial charge in [-0.25, -0.2) is 4.98 Å². The summed E-state index contributed by atoms with van der Waals surface area (Å²) in [5.41, 5.74) is 0. The molecule has 0 saturated heterocycles. The average molecular weight is 254 g/mol. The molecule has 7 nitrogen and oxygen atoms in total. The van der Waals surface area contributed by atoms with Crippen LogP contribution in [0, 0.1) is 0 Å². The molecule has 0 bridgehead atoms. The van der Waals surface area contributed by atoms with Crippen LogP contribution in [0.15, 0.2) is 6.20 Å². The van der Waals surface area contributed by atoms with Crippen molar-refractivity contribution < 1.29 is 15.0 Å². The molecule has 0 saturated carbocycles. The van der Waals surface area contributed by atoms with E-state index in [1.165, 1.54) is 13.1 Å². The molecule has 1 unspecified atom stereocenters. The fraction of sp³-hybridized carbons (Fsp3) is 0.545.